The van der Waals surface area contributed by atoms with Crippen LogP contribution in [0.3, 0.4) is 0 Å². The van der Waals surface area contributed by atoms with E-state index in [1.807, 2.05) is 32.0 Å². The Labute approximate surface area is 115 Å². The average Bonchev–Trinajstić information content (AvgIpc) is 2.72. The van der Waals surface area contributed by atoms with E-state index in [0.717, 1.165) is 11.3 Å². The second kappa shape index (κ2) is 5.40. The Morgan fingerprint density at radius 1 is 1.42 bits per heavy atom. The van der Waals surface area contributed by atoms with Crippen LogP contribution in [0.4, 0.5) is 0 Å². The Morgan fingerprint density at radius 3 is 2.79 bits per heavy atom. The van der Waals surface area contributed by atoms with Crippen LogP contribution in [-0.2, 0) is 11.2 Å². The van der Waals surface area contributed by atoms with Crippen molar-refractivity contribution in [3.63, 3.8) is 0 Å². The molecular weight excluding hydrogens is 266 g/mol. The first-order chi connectivity index (χ1) is 8.97. The lowest BCUT2D eigenvalue weighted by atomic mass is 10.2. The fourth-order valence-electron chi connectivity index (χ4n) is 1.73. The van der Waals surface area contributed by atoms with E-state index in [9.17, 15) is 4.79 Å². The predicted octanol–water partition coefficient (Wildman–Crippen LogP) is 2.55. The molecule has 0 amide bonds. The molecule has 2 rings (SSSR count). The summed E-state index contributed by atoms with van der Waals surface area (Å²) >= 11 is 6.09. The van der Waals surface area contributed by atoms with Gasteiger partial charge in [0, 0.05) is 11.4 Å². The van der Waals surface area contributed by atoms with Gasteiger partial charge in [0.1, 0.15) is 5.82 Å². The fraction of sp³-hybridized carbons (Fsp3) is 0.308. The molecule has 1 aromatic heterocycles. The lowest BCUT2D eigenvalue weighted by Crippen LogP contribution is -2.01. The van der Waals surface area contributed by atoms with Gasteiger partial charge in [-0.05, 0) is 31.5 Å². The van der Waals surface area contributed by atoms with E-state index < -0.39 is 5.97 Å². The molecule has 0 saturated carbocycles. The Balaban J connectivity index is 2.29. The molecule has 1 N–H and O–H groups in total. The molecule has 0 unspecified atom stereocenters. The topological polar surface area (TPSA) is 68.0 Å². The van der Waals surface area contributed by atoms with Crippen LogP contribution in [0.15, 0.2) is 18.2 Å². The standard InChI is InChI=1S/C13H14ClN3O2/c1-8-3-4-10(7-11(8)14)17-9(2)15-12(16-17)5-6-13(18)19/h3-4,7H,5-6H2,1-2H3,(H,18,19). The van der Waals surface area contributed by atoms with Crippen molar-refractivity contribution < 1.29 is 9.90 Å². The summed E-state index contributed by atoms with van der Waals surface area (Å²) in [7, 11) is 0. The van der Waals surface area contributed by atoms with E-state index in [2.05, 4.69) is 10.1 Å². The summed E-state index contributed by atoms with van der Waals surface area (Å²) in [5.41, 5.74) is 1.82. The van der Waals surface area contributed by atoms with Crippen LogP contribution in [0.5, 0.6) is 0 Å². The van der Waals surface area contributed by atoms with Crippen molar-refractivity contribution in [3.8, 4) is 5.69 Å². The highest BCUT2D eigenvalue weighted by Gasteiger charge is 2.10. The monoisotopic (exact) mass is 279 g/mol. The maximum Gasteiger partial charge on any atom is 0.303 e. The number of aliphatic carboxylic acids is 1. The van der Waals surface area contributed by atoms with Crippen molar-refractivity contribution in [2.24, 2.45) is 0 Å². The minimum Gasteiger partial charge on any atom is -0.481 e. The first-order valence-corrected chi connectivity index (χ1v) is 6.26. The number of aryl methyl sites for hydroxylation is 3. The predicted molar refractivity (Wildman–Crippen MR) is 71.8 cm³/mol. The number of carboxylic acid groups (broad SMARTS) is 1. The molecule has 0 spiro atoms. The van der Waals surface area contributed by atoms with Gasteiger partial charge >= 0.3 is 5.97 Å². The molecule has 19 heavy (non-hydrogen) atoms. The van der Waals surface area contributed by atoms with Crippen LogP contribution in [0.1, 0.15) is 23.6 Å². The first kappa shape index (κ1) is 13.5. The minimum absolute atomic E-state index is 0.0259. The van der Waals surface area contributed by atoms with Crippen molar-refractivity contribution in [2.45, 2.75) is 26.7 Å². The van der Waals surface area contributed by atoms with Crippen LogP contribution >= 0.6 is 11.6 Å². The van der Waals surface area contributed by atoms with Gasteiger partial charge in [0.2, 0.25) is 0 Å². The molecule has 0 aliphatic carbocycles. The van der Waals surface area contributed by atoms with E-state index in [4.69, 9.17) is 16.7 Å². The summed E-state index contributed by atoms with van der Waals surface area (Å²) in [6.07, 6.45) is 0.348. The number of hydrogen-bond acceptors (Lipinski definition) is 3. The van der Waals surface area contributed by atoms with E-state index in [1.54, 1.807) is 4.68 Å². The highest BCUT2D eigenvalue weighted by molar-refractivity contribution is 6.31. The van der Waals surface area contributed by atoms with E-state index >= 15 is 0 Å². The molecule has 0 saturated heterocycles. The number of aromatic nitrogens is 3. The zero-order valence-corrected chi connectivity index (χ0v) is 11.5. The molecule has 6 heteroatoms. The normalized spacial score (nSPS) is 10.7. The first-order valence-electron chi connectivity index (χ1n) is 5.88. The van der Waals surface area contributed by atoms with Gasteiger partial charge < -0.3 is 5.11 Å². The summed E-state index contributed by atoms with van der Waals surface area (Å²) in [6.45, 7) is 3.75. The summed E-state index contributed by atoms with van der Waals surface area (Å²) in [5, 5.41) is 13.6. The molecule has 0 aliphatic rings. The molecule has 0 bridgehead atoms. The quantitative estimate of drug-likeness (QED) is 0.934. The van der Waals surface area contributed by atoms with Crippen molar-refractivity contribution in [3.05, 3.63) is 40.4 Å². The van der Waals surface area contributed by atoms with E-state index in [-0.39, 0.29) is 6.42 Å². The van der Waals surface area contributed by atoms with Crippen LogP contribution in [0.2, 0.25) is 5.02 Å². The zero-order valence-electron chi connectivity index (χ0n) is 10.7. The van der Waals surface area contributed by atoms with Crippen LogP contribution < -0.4 is 0 Å². The third kappa shape index (κ3) is 3.12. The van der Waals surface area contributed by atoms with E-state index in [1.165, 1.54) is 0 Å². The van der Waals surface area contributed by atoms with Crippen molar-refractivity contribution in [2.75, 3.05) is 0 Å². The fourth-order valence-corrected chi connectivity index (χ4v) is 1.90. The summed E-state index contributed by atoms with van der Waals surface area (Å²) < 4.78 is 1.67. The number of hydrogen-bond donors (Lipinski definition) is 1. The van der Waals surface area contributed by atoms with Gasteiger partial charge in [-0.25, -0.2) is 9.67 Å². The molecule has 0 aliphatic heterocycles. The SMILES string of the molecule is Cc1ccc(-n2nc(CCC(=O)O)nc2C)cc1Cl. The number of carbonyl (C=O) groups is 1. The van der Waals surface area contributed by atoms with Crippen molar-refractivity contribution in [1.29, 1.82) is 0 Å². The second-order valence-electron chi connectivity index (χ2n) is 4.31. The molecule has 2 aromatic rings. The number of rotatable bonds is 4. The number of benzene rings is 1. The lowest BCUT2D eigenvalue weighted by molar-refractivity contribution is -0.137. The molecule has 1 heterocycles. The summed E-state index contributed by atoms with van der Waals surface area (Å²) in [6, 6.07) is 5.64. The summed E-state index contributed by atoms with van der Waals surface area (Å²) in [4.78, 5) is 14.8. The molecule has 0 fully saturated rings. The molecule has 1 aromatic carbocycles. The summed E-state index contributed by atoms with van der Waals surface area (Å²) in [5.74, 6) is 0.379. The van der Waals surface area contributed by atoms with Crippen LogP contribution in [-0.4, -0.2) is 25.8 Å². The third-order valence-corrected chi connectivity index (χ3v) is 3.18. The third-order valence-electron chi connectivity index (χ3n) is 2.78. The van der Waals surface area contributed by atoms with Crippen molar-refractivity contribution >= 4 is 17.6 Å². The van der Waals surface area contributed by atoms with E-state index in [0.29, 0.717) is 23.1 Å². The average molecular weight is 280 g/mol. The van der Waals surface area contributed by atoms with Crippen LogP contribution in [0.25, 0.3) is 5.69 Å². The largest absolute Gasteiger partial charge is 0.481 e. The maximum atomic E-state index is 10.5. The highest BCUT2D eigenvalue weighted by atomic mass is 35.5. The molecule has 100 valence electrons. The maximum absolute atomic E-state index is 10.5. The van der Waals surface area contributed by atoms with Gasteiger partial charge in [-0.2, -0.15) is 5.10 Å². The van der Waals surface area contributed by atoms with Crippen LogP contribution in [0, 0.1) is 13.8 Å². The lowest BCUT2D eigenvalue weighted by Gasteiger charge is -2.04. The number of halogens is 1. The van der Waals surface area contributed by atoms with Gasteiger partial charge in [0.25, 0.3) is 0 Å². The number of nitrogens with zero attached hydrogens (tertiary/aromatic N) is 3. The van der Waals surface area contributed by atoms with Gasteiger partial charge in [-0.3, -0.25) is 4.79 Å². The Hall–Kier alpha value is -1.88. The number of carboxylic acids is 1. The Bertz CT molecular complexity index is 622. The zero-order chi connectivity index (χ0) is 14.0. The molecule has 0 radical (unpaired) electrons. The van der Waals surface area contributed by atoms with Gasteiger partial charge in [-0.15, -0.1) is 0 Å². The Kier molecular flexibility index (Phi) is 3.85. The van der Waals surface area contributed by atoms with Gasteiger partial charge in [0.05, 0.1) is 12.1 Å². The minimum atomic E-state index is -0.854. The van der Waals surface area contributed by atoms with Crippen molar-refractivity contribution in [1.82, 2.24) is 14.8 Å². The molecule has 5 nitrogen and oxygen atoms in total. The smallest absolute Gasteiger partial charge is 0.303 e. The Morgan fingerprint density at radius 2 is 2.16 bits per heavy atom. The highest BCUT2D eigenvalue weighted by Crippen LogP contribution is 2.19. The molecular formula is C13H14ClN3O2. The second-order valence-corrected chi connectivity index (χ2v) is 4.72. The molecule has 0 atom stereocenters. The van der Waals surface area contributed by atoms with Gasteiger partial charge in [-0.1, -0.05) is 17.7 Å². The van der Waals surface area contributed by atoms with Gasteiger partial charge in [0.15, 0.2) is 5.82 Å².